The Labute approximate surface area is 326 Å². The van der Waals surface area contributed by atoms with E-state index in [1.807, 2.05) is 42.5 Å². The highest BCUT2D eigenvalue weighted by Gasteiger charge is 2.23. The zero-order valence-electron chi connectivity index (χ0n) is 30.5. The van der Waals surface area contributed by atoms with Crippen molar-refractivity contribution in [3.63, 3.8) is 0 Å². The normalized spacial score (nSPS) is 11.9. The van der Waals surface area contributed by atoms with Gasteiger partial charge in [0.05, 0.1) is 22.1 Å². The third-order valence-electron chi connectivity index (χ3n) is 11.2. The van der Waals surface area contributed by atoms with Gasteiger partial charge < -0.3 is 8.98 Å². The van der Waals surface area contributed by atoms with Crippen molar-refractivity contribution in [2.75, 3.05) is 0 Å². The van der Waals surface area contributed by atoms with Crippen molar-refractivity contribution >= 4 is 65.6 Å². The molecule has 4 heterocycles. The number of furan rings is 1. The van der Waals surface area contributed by atoms with Gasteiger partial charge >= 0.3 is 0 Å². The summed E-state index contributed by atoms with van der Waals surface area (Å²) in [5, 5.41) is 6.55. The van der Waals surface area contributed by atoms with Gasteiger partial charge in [-0.05, 0) is 53.6 Å². The van der Waals surface area contributed by atoms with Gasteiger partial charge in [-0.2, -0.15) is 9.97 Å². The van der Waals surface area contributed by atoms with E-state index in [0.717, 1.165) is 82.5 Å². The van der Waals surface area contributed by atoms with Gasteiger partial charge in [0.25, 0.3) is 0 Å². The molecule has 0 N–H and O–H groups in total. The number of benzene rings is 8. The maximum absolute atomic E-state index is 6.97. The van der Waals surface area contributed by atoms with Crippen molar-refractivity contribution in [2.45, 2.75) is 0 Å². The summed E-state index contributed by atoms with van der Waals surface area (Å²) < 4.78 is 11.5. The Hall–Kier alpha value is -7.83. The Morgan fingerprint density at radius 1 is 0.386 bits per heavy atom. The Morgan fingerprint density at radius 2 is 0.947 bits per heavy atom. The van der Waals surface area contributed by atoms with Crippen molar-refractivity contribution in [3.05, 3.63) is 188 Å². The largest absolute Gasteiger partial charge is 0.454 e. The van der Waals surface area contributed by atoms with Gasteiger partial charge in [-0.3, -0.25) is 4.57 Å². The SMILES string of the molecule is c1ccc(-c2cccc(-n3c4ccccc4c4ccc5c(oc6cccc(-c7nc(-c8ccccc8)nc(-n8c9ccccc9c9ccccc98)n7)c65)c43)c2)cc1. The summed E-state index contributed by atoms with van der Waals surface area (Å²) in [5.74, 6) is 1.73. The number of aromatic nitrogens is 5. The van der Waals surface area contributed by atoms with Crippen molar-refractivity contribution in [1.29, 1.82) is 0 Å². The van der Waals surface area contributed by atoms with E-state index in [1.54, 1.807) is 0 Å². The van der Waals surface area contributed by atoms with E-state index in [-0.39, 0.29) is 0 Å². The summed E-state index contributed by atoms with van der Waals surface area (Å²) in [4.78, 5) is 15.7. The van der Waals surface area contributed by atoms with Crippen molar-refractivity contribution < 1.29 is 4.42 Å². The smallest absolute Gasteiger partial charge is 0.238 e. The Morgan fingerprint density at radius 3 is 1.67 bits per heavy atom. The number of hydrogen-bond donors (Lipinski definition) is 0. The first-order valence-corrected chi connectivity index (χ1v) is 19.1. The van der Waals surface area contributed by atoms with E-state index >= 15 is 0 Å². The average molecular weight is 730 g/mol. The molecule has 0 aliphatic heterocycles. The van der Waals surface area contributed by atoms with Crippen LogP contribution in [0.25, 0.3) is 111 Å². The predicted molar refractivity (Wildman–Crippen MR) is 232 cm³/mol. The molecule has 12 rings (SSSR count). The molecule has 6 nitrogen and oxygen atoms in total. The quantitative estimate of drug-likeness (QED) is 0.177. The molecule has 57 heavy (non-hydrogen) atoms. The van der Waals surface area contributed by atoms with Crippen LogP contribution < -0.4 is 0 Å². The highest BCUT2D eigenvalue weighted by Crippen LogP contribution is 2.43. The topological polar surface area (TPSA) is 61.7 Å². The molecule has 0 aliphatic rings. The second-order valence-corrected chi connectivity index (χ2v) is 14.4. The van der Waals surface area contributed by atoms with Crippen LogP contribution in [-0.2, 0) is 0 Å². The highest BCUT2D eigenvalue weighted by atomic mass is 16.3. The van der Waals surface area contributed by atoms with E-state index in [0.29, 0.717) is 17.6 Å². The lowest BCUT2D eigenvalue weighted by Gasteiger charge is -2.11. The molecule has 0 aliphatic carbocycles. The molecule has 0 saturated carbocycles. The van der Waals surface area contributed by atoms with Crippen molar-refractivity contribution in [3.8, 4) is 45.5 Å². The van der Waals surface area contributed by atoms with E-state index in [9.17, 15) is 0 Å². The minimum Gasteiger partial charge on any atom is -0.454 e. The van der Waals surface area contributed by atoms with Gasteiger partial charge in [0.1, 0.15) is 5.58 Å². The molecule has 0 spiro atoms. The summed E-state index contributed by atoms with van der Waals surface area (Å²) in [6.45, 7) is 0. The third-order valence-corrected chi connectivity index (χ3v) is 11.2. The molecule has 0 atom stereocenters. The number of para-hydroxylation sites is 3. The van der Waals surface area contributed by atoms with Crippen LogP contribution in [0.2, 0.25) is 0 Å². The molecule has 4 aromatic heterocycles. The molecular formula is C51H31N5O. The van der Waals surface area contributed by atoms with Gasteiger partial charge in [0.2, 0.25) is 5.95 Å². The Kier molecular flexibility index (Phi) is 6.83. The number of fused-ring (bicyclic) bond motifs is 10. The van der Waals surface area contributed by atoms with Crippen molar-refractivity contribution in [1.82, 2.24) is 24.1 Å². The summed E-state index contributed by atoms with van der Waals surface area (Å²) in [6.07, 6.45) is 0. The molecule has 0 saturated heterocycles. The second-order valence-electron chi connectivity index (χ2n) is 14.4. The fourth-order valence-electron chi connectivity index (χ4n) is 8.68. The molecule has 266 valence electrons. The van der Waals surface area contributed by atoms with Crippen LogP contribution in [0.3, 0.4) is 0 Å². The summed E-state index contributed by atoms with van der Waals surface area (Å²) >= 11 is 0. The molecule has 0 amide bonds. The lowest BCUT2D eigenvalue weighted by molar-refractivity contribution is 0.671. The predicted octanol–water partition coefficient (Wildman–Crippen LogP) is 13.0. The Balaban J connectivity index is 1.14. The molecule has 0 radical (unpaired) electrons. The number of hydrogen-bond acceptors (Lipinski definition) is 4. The van der Waals surface area contributed by atoms with Crippen LogP contribution in [-0.4, -0.2) is 24.1 Å². The summed E-state index contributed by atoms with van der Waals surface area (Å²) in [7, 11) is 0. The lowest BCUT2D eigenvalue weighted by atomic mass is 10.0. The maximum atomic E-state index is 6.97. The fourth-order valence-corrected chi connectivity index (χ4v) is 8.68. The van der Waals surface area contributed by atoms with Crippen LogP contribution in [0.15, 0.2) is 192 Å². The van der Waals surface area contributed by atoms with E-state index < -0.39 is 0 Å². The van der Waals surface area contributed by atoms with Gasteiger partial charge in [0.15, 0.2) is 17.2 Å². The van der Waals surface area contributed by atoms with Crippen LogP contribution in [0.1, 0.15) is 0 Å². The van der Waals surface area contributed by atoms with E-state index in [2.05, 4.69) is 155 Å². The third kappa shape index (κ3) is 4.81. The van der Waals surface area contributed by atoms with Crippen LogP contribution in [0.5, 0.6) is 0 Å². The molecule has 8 aromatic carbocycles. The van der Waals surface area contributed by atoms with Crippen LogP contribution in [0, 0.1) is 0 Å². The molecule has 0 bridgehead atoms. The molecular weight excluding hydrogens is 699 g/mol. The fraction of sp³-hybridized carbons (Fsp3) is 0. The molecule has 0 unspecified atom stereocenters. The van der Waals surface area contributed by atoms with Gasteiger partial charge in [-0.15, -0.1) is 0 Å². The average Bonchev–Trinajstić information content (AvgIpc) is 3.95. The van der Waals surface area contributed by atoms with E-state index in [4.69, 9.17) is 19.4 Å². The monoisotopic (exact) mass is 729 g/mol. The molecule has 0 fully saturated rings. The minimum atomic E-state index is 0.557. The lowest BCUT2D eigenvalue weighted by Crippen LogP contribution is -2.06. The van der Waals surface area contributed by atoms with Crippen LogP contribution in [0.4, 0.5) is 0 Å². The highest BCUT2D eigenvalue weighted by molar-refractivity contribution is 6.23. The zero-order chi connectivity index (χ0) is 37.5. The van der Waals surface area contributed by atoms with Crippen LogP contribution >= 0.6 is 0 Å². The summed E-state index contributed by atoms with van der Waals surface area (Å²) in [6, 6.07) is 65.5. The van der Waals surface area contributed by atoms with Gasteiger partial charge in [0, 0.05) is 49.1 Å². The second kappa shape index (κ2) is 12.3. The van der Waals surface area contributed by atoms with Gasteiger partial charge in [-0.25, -0.2) is 4.98 Å². The van der Waals surface area contributed by atoms with Crippen molar-refractivity contribution in [2.24, 2.45) is 0 Å². The first-order valence-electron chi connectivity index (χ1n) is 19.1. The Bertz CT molecular complexity index is 3470. The first kappa shape index (κ1) is 31.5. The zero-order valence-corrected chi connectivity index (χ0v) is 30.5. The molecule has 6 heteroatoms. The number of nitrogens with zero attached hydrogens (tertiary/aromatic N) is 5. The molecule has 12 aromatic rings. The van der Waals surface area contributed by atoms with Gasteiger partial charge in [-0.1, -0.05) is 146 Å². The minimum absolute atomic E-state index is 0.557. The maximum Gasteiger partial charge on any atom is 0.238 e. The van der Waals surface area contributed by atoms with E-state index in [1.165, 1.54) is 10.9 Å². The number of rotatable bonds is 5. The summed E-state index contributed by atoms with van der Waals surface area (Å²) in [5.41, 5.74) is 11.0. The standard InChI is InChI=1S/C51H31N5O/c1-3-15-32(16-4-1)34-19-13-20-35(31-34)55-42-25-10-9-23-38(42)39-29-30-40-46-41(24-14-28-45(46)57-48(40)47(39)55)50-52-49(33-17-5-2-6-18-33)53-51(54-50)56-43-26-11-7-21-36(43)37-22-8-12-27-44(37)56/h1-31H. The first-order chi connectivity index (χ1) is 28.3.